The zero-order valence-corrected chi connectivity index (χ0v) is 13.3. The number of amides is 1. The first-order chi connectivity index (χ1) is 11.8. The van der Waals surface area contributed by atoms with Gasteiger partial charge in [-0.15, -0.1) is 11.8 Å². The Hall–Kier alpha value is -2.49. The molecular formula is C15H11F3N2O4S. The smallest absolute Gasteiger partial charge is 0.416 e. The number of benzene rings is 1. The number of rotatable bonds is 4. The van der Waals surface area contributed by atoms with Crippen LogP contribution in [0.1, 0.15) is 17.7 Å². The largest absolute Gasteiger partial charge is 0.457 e. The number of carbonyl (C=O) groups is 2. The number of carbonyl (C=O) groups excluding carboxylic acids is 2. The Kier molecular flexibility index (Phi) is 4.71. The molecule has 25 heavy (non-hydrogen) atoms. The van der Waals surface area contributed by atoms with Gasteiger partial charge in [0.05, 0.1) is 29.1 Å². The maximum Gasteiger partial charge on any atom is 0.416 e. The second-order valence-electron chi connectivity index (χ2n) is 5.15. The summed E-state index contributed by atoms with van der Waals surface area (Å²) in [6, 6.07) is 4.61. The van der Waals surface area contributed by atoms with Gasteiger partial charge >= 0.3 is 12.1 Å². The molecule has 1 aliphatic heterocycles. The fraction of sp³-hybridized carbons (Fsp3) is 0.267. The lowest BCUT2D eigenvalue weighted by atomic mass is 10.1. The van der Waals surface area contributed by atoms with E-state index in [0.29, 0.717) is 10.7 Å². The van der Waals surface area contributed by atoms with Crippen LogP contribution in [0.2, 0.25) is 0 Å². The van der Waals surface area contributed by atoms with Crippen molar-refractivity contribution in [3.63, 3.8) is 0 Å². The number of aromatic nitrogens is 1. The monoisotopic (exact) mass is 372 g/mol. The third kappa shape index (κ3) is 4.13. The standard InChI is InChI=1S/C15H11F3N2O4S/c16-15(17,18)8-1-2-11-10(5-8)20-14(22)12(25-11)6-13(21)23-7-9-3-4-19-24-9/h1-5,12H,6-7H2,(H,20,22)/t12-/m1/s1. The number of esters is 1. The summed E-state index contributed by atoms with van der Waals surface area (Å²) in [5.41, 5.74) is -0.770. The van der Waals surface area contributed by atoms with Crippen molar-refractivity contribution in [3.05, 3.63) is 41.8 Å². The number of ether oxygens (including phenoxy) is 1. The number of anilines is 1. The van der Waals surface area contributed by atoms with Gasteiger partial charge in [-0.1, -0.05) is 5.16 Å². The van der Waals surface area contributed by atoms with Gasteiger partial charge in [0.25, 0.3) is 0 Å². The Morgan fingerprint density at radius 1 is 1.36 bits per heavy atom. The van der Waals surface area contributed by atoms with Crippen LogP contribution in [-0.4, -0.2) is 22.3 Å². The third-order valence-electron chi connectivity index (χ3n) is 3.35. The number of alkyl halides is 3. The molecule has 6 nitrogen and oxygen atoms in total. The van der Waals surface area contributed by atoms with Crippen LogP contribution in [0.15, 0.2) is 39.9 Å². The third-order valence-corrected chi connectivity index (χ3v) is 4.62. The first-order valence-corrected chi connectivity index (χ1v) is 7.95. The van der Waals surface area contributed by atoms with Crippen LogP contribution in [-0.2, 0) is 27.1 Å². The fourth-order valence-corrected chi connectivity index (χ4v) is 3.22. The highest BCUT2D eigenvalue weighted by Gasteiger charge is 2.34. The topological polar surface area (TPSA) is 81.4 Å². The number of thioether (sulfide) groups is 1. The molecule has 1 N–H and O–H groups in total. The zero-order chi connectivity index (χ0) is 18.0. The van der Waals surface area contributed by atoms with Crippen LogP contribution >= 0.6 is 11.8 Å². The average molecular weight is 372 g/mol. The van der Waals surface area contributed by atoms with Crippen molar-refractivity contribution >= 4 is 29.3 Å². The fourth-order valence-electron chi connectivity index (χ4n) is 2.14. The van der Waals surface area contributed by atoms with E-state index in [4.69, 9.17) is 9.26 Å². The van der Waals surface area contributed by atoms with E-state index in [1.54, 1.807) is 0 Å². The molecule has 0 saturated heterocycles. The van der Waals surface area contributed by atoms with E-state index in [9.17, 15) is 22.8 Å². The summed E-state index contributed by atoms with van der Waals surface area (Å²) in [6.07, 6.45) is -3.31. The molecule has 0 fully saturated rings. The molecular weight excluding hydrogens is 361 g/mol. The van der Waals surface area contributed by atoms with Gasteiger partial charge in [-0.2, -0.15) is 13.2 Å². The molecule has 3 rings (SSSR count). The molecule has 132 valence electrons. The number of halogens is 3. The SMILES string of the molecule is O=C(C[C@H]1Sc2ccc(C(F)(F)F)cc2NC1=O)OCc1ccno1. The van der Waals surface area contributed by atoms with Crippen LogP contribution in [0.5, 0.6) is 0 Å². The molecule has 0 unspecified atom stereocenters. The molecule has 0 spiro atoms. The first-order valence-electron chi connectivity index (χ1n) is 7.07. The molecule has 1 aromatic carbocycles. The Balaban J connectivity index is 1.63. The van der Waals surface area contributed by atoms with Gasteiger partial charge in [0.15, 0.2) is 12.4 Å². The normalized spacial score (nSPS) is 16.9. The van der Waals surface area contributed by atoms with Gasteiger partial charge in [0.2, 0.25) is 5.91 Å². The molecule has 0 aliphatic carbocycles. The molecule has 2 aromatic rings. The number of hydrogen-bond acceptors (Lipinski definition) is 6. The second kappa shape index (κ2) is 6.79. The lowest BCUT2D eigenvalue weighted by Crippen LogP contribution is -2.31. The predicted octanol–water partition coefficient (Wildman–Crippen LogP) is 3.24. The van der Waals surface area contributed by atoms with Gasteiger partial charge in [-0.3, -0.25) is 9.59 Å². The van der Waals surface area contributed by atoms with E-state index < -0.39 is 28.9 Å². The van der Waals surface area contributed by atoms with Crippen LogP contribution in [0, 0.1) is 0 Å². The molecule has 10 heteroatoms. The summed E-state index contributed by atoms with van der Waals surface area (Å²) in [4.78, 5) is 24.3. The zero-order valence-electron chi connectivity index (χ0n) is 12.5. The Morgan fingerprint density at radius 2 is 2.16 bits per heavy atom. The molecule has 1 aliphatic rings. The first kappa shape index (κ1) is 17.3. The van der Waals surface area contributed by atoms with Crippen molar-refractivity contribution in [2.45, 2.75) is 29.3 Å². The van der Waals surface area contributed by atoms with Gasteiger partial charge < -0.3 is 14.6 Å². The minimum atomic E-state index is -4.49. The van der Waals surface area contributed by atoms with Crippen molar-refractivity contribution < 1.29 is 32.0 Å². The summed E-state index contributed by atoms with van der Waals surface area (Å²) in [5, 5.41) is 5.08. The summed E-state index contributed by atoms with van der Waals surface area (Å²) >= 11 is 1.02. The molecule has 0 bridgehead atoms. The number of nitrogens with zero attached hydrogens (tertiary/aromatic N) is 1. The summed E-state index contributed by atoms with van der Waals surface area (Å²) in [6.45, 7) is -0.108. The van der Waals surface area contributed by atoms with Crippen molar-refractivity contribution in [1.29, 1.82) is 0 Å². The van der Waals surface area contributed by atoms with Crippen LogP contribution < -0.4 is 5.32 Å². The quantitative estimate of drug-likeness (QED) is 0.830. The lowest BCUT2D eigenvalue weighted by molar-refractivity contribution is -0.146. The molecule has 1 aromatic heterocycles. The number of hydrogen-bond donors (Lipinski definition) is 1. The van der Waals surface area contributed by atoms with E-state index in [1.165, 1.54) is 18.3 Å². The Bertz CT molecular complexity index is 793. The van der Waals surface area contributed by atoms with Crippen LogP contribution in [0.25, 0.3) is 0 Å². The molecule has 0 radical (unpaired) electrons. The highest BCUT2D eigenvalue weighted by molar-refractivity contribution is 8.01. The second-order valence-corrected chi connectivity index (χ2v) is 6.39. The van der Waals surface area contributed by atoms with Crippen molar-refractivity contribution in [3.8, 4) is 0 Å². The molecule has 1 atom stereocenters. The summed E-state index contributed by atoms with van der Waals surface area (Å²) < 4.78 is 47.9. The van der Waals surface area contributed by atoms with Crippen molar-refractivity contribution in [2.24, 2.45) is 0 Å². The van der Waals surface area contributed by atoms with Gasteiger partial charge in [-0.25, -0.2) is 0 Å². The van der Waals surface area contributed by atoms with E-state index in [1.807, 2.05) is 0 Å². The maximum atomic E-state index is 12.7. The molecule has 1 amide bonds. The van der Waals surface area contributed by atoms with Crippen molar-refractivity contribution in [1.82, 2.24) is 5.16 Å². The van der Waals surface area contributed by atoms with Gasteiger partial charge in [0, 0.05) is 11.0 Å². The van der Waals surface area contributed by atoms with Crippen LogP contribution in [0.3, 0.4) is 0 Å². The van der Waals surface area contributed by atoms with Gasteiger partial charge in [0.1, 0.15) is 0 Å². The van der Waals surface area contributed by atoms with E-state index in [2.05, 4.69) is 10.5 Å². The van der Waals surface area contributed by atoms with E-state index >= 15 is 0 Å². The average Bonchev–Trinajstić information content (AvgIpc) is 3.06. The minimum Gasteiger partial charge on any atom is -0.457 e. The van der Waals surface area contributed by atoms with Crippen molar-refractivity contribution in [2.75, 3.05) is 5.32 Å². The predicted molar refractivity (Wildman–Crippen MR) is 80.6 cm³/mol. The van der Waals surface area contributed by atoms with E-state index in [-0.39, 0.29) is 18.7 Å². The van der Waals surface area contributed by atoms with Gasteiger partial charge in [-0.05, 0) is 18.2 Å². The summed E-state index contributed by atoms with van der Waals surface area (Å²) in [7, 11) is 0. The highest BCUT2D eigenvalue weighted by atomic mass is 32.2. The Morgan fingerprint density at radius 3 is 2.84 bits per heavy atom. The lowest BCUT2D eigenvalue weighted by Gasteiger charge is -2.24. The number of fused-ring (bicyclic) bond motifs is 1. The highest BCUT2D eigenvalue weighted by Crippen LogP contribution is 2.40. The molecule has 2 heterocycles. The van der Waals surface area contributed by atoms with E-state index in [0.717, 1.165) is 23.9 Å². The Labute approximate surface area is 143 Å². The number of nitrogens with one attached hydrogen (secondary N) is 1. The summed E-state index contributed by atoms with van der Waals surface area (Å²) in [5.74, 6) is -0.813. The maximum absolute atomic E-state index is 12.7. The minimum absolute atomic E-state index is 0.0797. The molecule has 0 saturated carbocycles. The van der Waals surface area contributed by atoms with Crippen LogP contribution in [0.4, 0.5) is 18.9 Å².